The van der Waals surface area contributed by atoms with E-state index in [2.05, 4.69) is 5.32 Å². The van der Waals surface area contributed by atoms with E-state index in [1.165, 1.54) is 12.1 Å². The number of nitrogens with one attached hydrogen (secondary N) is 1. The molecule has 1 amide bonds. The van der Waals surface area contributed by atoms with E-state index in [0.29, 0.717) is 6.54 Å². The topological polar surface area (TPSA) is 32.3 Å². The van der Waals surface area contributed by atoms with Crippen molar-refractivity contribution in [2.24, 2.45) is 0 Å². The summed E-state index contributed by atoms with van der Waals surface area (Å²) in [5, 5.41) is 2.87. The molecular formula is C13H17FN2O. The predicted octanol–water partition coefficient (Wildman–Crippen LogP) is 1.71. The van der Waals surface area contributed by atoms with Crippen molar-refractivity contribution in [2.75, 3.05) is 20.1 Å². The number of likely N-dealkylation sites (tertiary alicyclic amines) is 1. The summed E-state index contributed by atoms with van der Waals surface area (Å²) in [4.78, 5) is 13.8. The van der Waals surface area contributed by atoms with Crippen LogP contribution in [-0.2, 0) is 4.79 Å². The maximum absolute atomic E-state index is 12.9. The number of carbonyl (C=O) groups is 1. The van der Waals surface area contributed by atoms with E-state index in [0.717, 1.165) is 24.9 Å². The molecule has 0 spiro atoms. The number of likely N-dealkylation sites (N-methyl/N-ethyl adjacent to an activating group) is 1. The van der Waals surface area contributed by atoms with Crippen LogP contribution in [0.15, 0.2) is 24.3 Å². The number of hydrogen-bond acceptors (Lipinski definition) is 2. The molecule has 92 valence electrons. The maximum atomic E-state index is 12.9. The van der Waals surface area contributed by atoms with Crippen molar-refractivity contribution in [1.29, 1.82) is 0 Å². The Morgan fingerprint density at radius 3 is 2.82 bits per heavy atom. The number of halogens is 1. The summed E-state index contributed by atoms with van der Waals surface area (Å²) in [6.07, 6.45) is 1.97. The molecule has 1 atom stereocenters. The molecule has 3 nitrogen and oxygen atoms in total. The Hall–Kier alpha value is -1.42. The van der Waals surface area contributed by atoms with Gasteiger partial charge in [0.25, 0.3) is 0 Å². The molecule has 2 rings (SSSR count). The molecule has 17 heavy (non-hydrogen) atoms. The highest BCUT2D eigenvalue weighted by Crippen LogP contribution is 2.31. The first-order valence-electron chi connectivity index (χ1n) is 5.92. The van der Waals surface area contributed by atoms with Crippen molar-refractivity contribution < 1.29 is 9.18 Å². The van der Waals surface area contributed by atoms with Crippen molar-refractivity contribution in [3.63, 3.8) is 0 Å². The van der Waals surface area contributed by atoms with Crippen molar-refractivity contribution in [1.82, 2.24) is 10.2 Å². The second-order valence-electron chi connectivity index (χ2n) is 4.33. The molecule has 1 fully saturated rings. The third kappa shape index (κ3) is 2.64. The van der Waals surface area contributed by atoms with Crippen LogP contribution in [0.3, 0.4) is 0 Å². The van der Waals surface area contributed by atoms with Crippen molar-refractivity contribution >= 4 is 5.91 Å². The van der Waals surface area contributed by atoms with Crippen molar-refractivity contribution in [3.8, 4) is 0 Å². The smallest absolute Gasteiger partial charge is 0.237 e. The second kappa shape index (κ2) is 5.27. The van der Waals surface area contributed by atoms with E-state index < -0.39 is 0 Å². The summed E-state index contributed by atoms with van der Waals surface area (Å²) in [5.41, 5.74) is 1.02. The lowest BCUT2D eigenvalue weighted by Gasteiger charge is -2.25. The highest BCUT2D eigenvalue weighted by atomic mass is 19.1. The lowest BCUT2D eigenvalue weighted by molar-refractivity contribution is -0.131. The Morgan fingerprint density at radius 1 is 1.47 bits per heavy atom. The lowest BCUT2D eigenvalue weighted by Crippen LogP contribution is -2.36. The van der Waals surface area contributed by atoms with E-state index in [4.69, 9.17) is 0 Å². The third-order valence-electron chi connectivity index (χ3n) is 3.16. The Balaban J connectivity index is 2.14. The molecule has 1 aliphatic heterocycles. The van der Waals surface area contributed by atoms with Crippen LogP contribution < -0.4 is 5.32 Å². The van der Waals surface area contributed by atoms with Gasteiger partial charge in [0.2, 0.25) is 5.91 Å². The van der Waals surface area contributed by atoms with Crippen LogP contribution in [0.2, 0.25) is 0 Å². The summed E-state index contributed by atoms with van der Waals surface area (Å²) in [5.74, 6) is -0.126. The van der Waals surface area contributed by atoms with Gasteiger partial charge >= 0.3 is 0 Å². The van der Waals surface area contributed by atoms with Crippen LogP contribution in [0, 0.1) is 5.82 Å². The fourth-order valence-electron chi connectivity index (χ4n) is 2.35. The van der Waals surface area contributed by atoms with E-state index in [9.17, 15) is 9.18 Å². The van der Waals surface area contributed by atoms with Gasteiger partial charge < -0.3 is 10.2 Å². The van der Waals surface area contributed by atoms with Crippen LogP contribution in [0.5, 0.6) is 0 Å². The molecule has 0 aliphatic carbocycles. The predicted molar refractivity (Wildman–Crippen MR) is 64.0 cm³/mol. The summed E-state index contributed by atoms with van der Waals surface area (Å²) in [6, 6.07) is 6.55. The number of benzene rings is 1. The van der Waals surface area contributed by atoms with Crippen LogP contribution in [0.25, 0.3) is 0 Å². The van der Waals surface area contributed by atoms with E-state index in [1.54, 1.807) is 19.2 Å². The van der Waals surface area contributed by atoms with Crippen LogP contribution in [0.1, 0.15) is 24.4 Å². The van der Waals surface area contributed by atoms with Gasteiger partial charge in [-0.25, -0.2) is 4.39 Å². The minimum atomic E-state index is -0.236. The van der Waals surface area contributed by atoms with Gasteiger partial charge in [0.1, 0.15) is 5.82 Å². The molecule has 1 saturated heterocycles. The molecule has 1 aromatic rings. The third-order valence-corrected chi connectivity index (χ3v) is 3.16. The van der Waals surface area contributed by atoms with Crippen molar-refractivity contribution in [3.05, 3.63) is 35.6 Å². The zero-order chi connectivity index (χ0) is 12.3. The quantitative estimate of drug-likeness (QED) is 0.866. The Bertz CT molecular complexity index is 391. The normalized spacial score (nSPS) is 19.6. The Kier molecular flexibility index (Phi) is 3.74. The largest absolute Gasteiger partial charge is 0.335 e. The molecule has 4 heteroatoms. The first-order valence-corrected chi connectivity index (χ1v) is 5.92. The molecule has 0 radical (unpaired) electrons. The van der Waals surface area contributed by atoms with Gasteiger partial charge in [-0.05, 0) is 37.6 Å². The highest BCUT2D eigenvalue weighted by Gasteiger charge is 2.29. The molecular weight excluding hydrogens is 219 g/mol. The second-order valence-corrected chi connectivity index (χ2v) is 4.33. The number of nitrogens with zero attached hydrogens (tertiary/aromatic N) is 1. The van der Waals surface area contributed by atoms with Crippen LogP contribution in [-0.4, -0.2) is 30.9 Å². The van der Waals surface area contributed by atoms with E-state index in [-0.39, 0.29) is 17.8 Å². The molecule has 1 N–H and O–H groups in total. The fourth-order valence-corrected chi connectivity index (χ4v) is 2.35. The summed E-state index contributed by atoms with van der Waals surface area (Å²) in [7, 11) is 1.76. The molecule has 1 unspecified atom stereocenters. The maximum Gasteiger partial charge on any atom is 0.237 e. The minimum Gasteiger partial charge on any atom is -0.335 e. The van der Waals surface area contributed by atoms with Gasteiger partial charge in [0.05, 0.1) is 12.6 Å². The summed E-state index contributed by atoms with van der Waals surface area (Å²) in [6.45, 7) is 1.15. The minimum absolute atomic E-state index is 0.108. The number of rotatable bonds is 3. The van der Waals surface area contributed by atoms with Gasteiger partial charge in [-0.1, -0.05) is 12.1 Å². The van der Waals surface area contributed by atoms with Crippen LogP contribution >= 0.6 is 0 Å². The number of amides is 1. The Morgan fingerprint density at radius 2 is 2.18 bits per heavy atom. The monoisotopic (exact) mass is 236 g/mol. The van der Waals surface area contributed by atoms with Gasteiger partial charge in [0.15, 0.2) is 0 Å². The number of hydrogen-bond donors (Lipinski definition) is 1. The zero-order valence-electron chi connectivity index (χ0n) is 9.95. The standard InChI is InChI=1S/C13H17FN2O/c1-15-9-13(17)16-8-2-3-12(16)10-4-6-11(14)7-5-10/h4-7,12,15H,2-3,8-9H2,1H3. The summed E-state index contributed by atoms with van der Waals surface area (Å²) >= 11 is 0. The first-order chi connectivity index (χ1) is 8.22. The van der Waals surface area contributed by atoms with E-state index >= 15 is 0 Å². The van der Waals surface area contributed by atoms with Crippen LogP contribution in [0.4, 0.5) is 4.39 Å². The summed E-state index contributed by atoms with van der Waals surface area (Å²) < 4.78 is 12.9. The molecule has 0 saturated carbocycles. The Labute approximate surface area is 101 Å². The first kappa shape index (κ1) is 12.0. The average molecular weight is 236 g/mol. The average Bonchev–Trinajstić information content (AvgIpc) is 2.79. The lowest BCUT2D eigenvalue weighted by atomic mass is 10.0. The number of carbonyl (C=O) groups excluding carboxylic acids is 1. The zero-order valence-corrected chi connectivity index (χ0v) is 9.95. The molecule has 1 heterocycles. The molecule has 1 aliphatic rings. The van der Waals surface area contributed by atoms with Gasteiger partial charge in [0, 0.05) is 6.54 Å². The van der Waals surface area contributed by atoms with Gasteiger partial charge in [-0.3, -0.25) is 4.79 Å². The fraction of sp³-hybridized carbons (Fsp3) is 0.462. The van der Waals surface area contributed by atoms with Gasteiger partial charge in [-0.15, -0.1) is 0 Å². The van der Waals surface area contributed by atoms with Crippen molar-refractivity contribution in [2.45, 2.75) is 18.9 Å². The molecule has 0 aromatic heterocycles. The highest BCUT2D eigenvalue weighted by molar-refractivity contribution is 5.79. The van der Waals surface area contributed by atoms with Gasteiger partial charge in [-0.2, -0.15) is 0 Å². The SMILES string of the molecule is CNCC(=O)N1CCCC1c1ccc(F)cc1. The molecule has 1 aromatic carbocycles. The molecule has 0 bridgehead atoms. The van der Waals surface area contributed by atoms with E-state index in [1.807, 2.05) is 4.90 Å².